The Morgan fingerprint density at radius 2 is 1.85 bits per heavy atom. The molecule has 3 rings (SSSR count). The van der Waals surface area contributed by atoms with Gasteiger partial charge in [0.2, 0.25) is 10.0 Å². The monoisotopic (exact) mass is 388 g/mol. The molecule has 0 unspecified atom stereocenters. The average molecular weight is 388 g/mol. The van der Waals surface area contributed by atoms with Gasteiger partial charge in [-0.1, -0.05) is 31.0 Å². The predicted molar refractivity (Wildman–Crippen MR) is 105 cm³/mol. The summed E-state index contributed by atoms with van der Waals surface area (Å²) in [5.74, 6) is 0.181. The Kier molecular flexibility index (Phi) is 6.13. The van der Waals surface area contributed by atoms with E-state index in [9.17, 15) is 13.2 Å². The zero-order valence-electron chi connectivity index (χ0n) is 15.3. The van der Waals surface area contributed by atoms with Crippen LogP contribution in [0.1, 0.15) is 43.0 Å². The Hall–Kier alpha value is -2.38. The standard InChI is InChI=1S/C20H24N2O4S/c1-2-26-19-13-6-5-12-18(19)21-20(23)15-8-7-11-17(14-15)27(24,25)22-16-9-3-4-10-16/h5-8,11-14,16,22H,2-4,9-10H2,1H3,(H,21,23). The fourth-order valence-electron chi connectivity index (χ4n) is 3.18. The van der Waals surface area contributed by atoms with Crippen LogP contribution in [-0.4, -0.2) is 27.0 Å². The van der Waals surface area contributed by atoms with Gasteiger partial charge in [-0.05, 0) is 50.1 Å². The van der Waals surface area contributed by atoms with Crippen LogP contribution >= 0.6 is 0 Å². The van der Waals surface area contributed by atoms with Crippen molar-refractivity contribution in [2.45, 2.75) is 43.5 Å². The highest BCUT2D eigenvalue weighted by molar-refractivity contribution is 7.89. The number of para-hydroxylation sites is 2. The second-order valence-electron chi connectivity index (χ2n) is 6.51. The molecule has 0 heterocycles. The quantitative estimate of drug-likeness (QED) is 0.760. The average Bonchev–Trinajstić information content (AvgIpc) is 3.16. The van der Waals surface area contributed by atoms with Gasteiger partial charge < -0.3 is 10.1 Å². The van der Waals surface area contributed by atoms with E-state index >= 15 is 0 Å². The molecule has 2 N–H and O–H groups in total. The molecule has 0 saturated heterocycles. The van der Waals surface area contributed by atoms with Crippen LogP contribution < -0.4 is 14.8 Å². The zero-order valence-corrected chi connectivity index (χ0v) is 16.1. The molecule has 2 aromatic rings. The second-order valence-corrected chi connectivity index (χ2v) is 8.23. The molecular formula is C20H24N2O4S. The Labute approximate surface area is 160 Å². The molecule has 0 bridgehead atoms. The second kappa shape index (κ2) is 8.54. The third kappa shape index (κ3) is 4.87. The number of ether oxygens (including phenoxy) is 1. The fraction of sp³-hybridized carbons (Fsp3) is 0.350. The van der Waals surface area contributed by atoms with Crippen LogP contribution in [-0.2, 0) is 10.0 Å². The number of anilines is 1. The summed E-state index contributed by atoms with van der Waals surface area (Å²) in [5, 5.41) is 2.78. The topological polar surface area (TPSA) is 84.5 Å². The van der Waals surface area contributed by atoms with Crippen molar-refractivity contribution in [2.24, 2.45) is 0 Å². The van der Waals surface area contributed by atoms with Gasteiger partial charge in [0.15, 0.2) is 0 Å². The number of rotatable bonds is 7. The smallest absolute Gasteiger partial charge is 0.255 e. The summed E-state index contributed by atoms with van der Waals surface area (Å²) in [6, 6.07) is 13.2. The molecule has 0 aliphatic heterocycles. The lowest BCUT2D eigenvalue weighted by Gasteiger charge is -2.14. The molecule has 1 aliphatic rings. The largest absolute Gasteiger partial charge is 0.492 e. The lowest BCUT2D eigenvalue weighted by atomic mass is 10.2. The zero-order chi connectivity index (χ0) is 19.3. The van der Waals surface area contributed by atoms with Gasteiger partial charge >= 0.3 is 0 Å². The minimum atomic E-state index is -3.64. The van der Waals surface area contributed by atoms with Gasteiger partial charge in [0, 0.05) is 11.6 Å². The molecule has 0 atom stereocenters. The van der Waals surface area contributed by atoms with E-state index in [1.807, 2.05) is 13.0 Å². The van der Waals surface area contributed by atoms with Crippen LogP contribution in [0.5, 0.6) is 5.75 Å². The van der Waals surface area contributed by atoms with Crippen molar-refractivity contribution in [3.05, 3.63) is 54.1 Å². The first-order chi connectivity index (χ1) is 13.0. The molecule has 0 radical (unpaired) electrons. The highest BCUT2D eigenvalue weighted by Gasteiger charge is 2.23. The SMILES string of the molecule is CCOc1ccccc1NC(=O)c1cccc(S(=O)(=O)NC2CCCC2)c1. The first kappa shape index (κ1) is 19.4. The fourth-order valence-corrected chi connectivity index (χ4v) is 4.53. The van der Waals surface area contributed by atoms with E-state index in [1.54, 1.807) is 30.3 Å². The molecule has 1 amide bonds. The minimum Gasteiger partial charge on any atom is -0.492 e. The van der Waals surface area contributed by atoms with Crippen LogP contribution in [0.3, 0.4) is 0 Å². The number of hydrogen-bond acceptors (Lipinski definition) is 4. The molecule has 1 fully saturated rings. The molecule has 1 saturated carbocycles. The highest BCUT2D eigenvalue weighted by Crippen LogP contribution is 2.25. The maximum atomic E-state index is 12.6. The van der Waals surface area contributed by atoms with E-state index in [-0.39, 0.29) is 22.4 Å². The Morgan fingerprint density at radius 1 is 1.11 bits per heavy atom. The summed E-state index contributed by atoms with van der Waals surface area (Å²) in [6.45, 7) is 2.34. The van der Waals surface area contributed by atoms with Crippen molar-refractivity contribution in [3.8, 4) is 5.75 Å². The first-order valence-electron chi connectivity index (χ1n) is 9.15. The van der Waals surface area contributed by atoms with Gasteiger partial charge in [-0.25, -0.2) is 13.1 Å². The molecule has 144 valence electrons. The highest BCUT2D eigenvalue weighted by atomic mass is 32.2. The third-order valence-electron chi connectivity index (χ3n) is 4.52. The summed E-state index contributed by atoms with van der Waals surface area (Å²) in [7, 11) is -3.64. The number of carbonyl (C=O) groups is 1. The summed E-state index contributed by atoms with van der Waals surface area (Å²) in [4.78, 5) is 12.7. The summed E-state index contributed by atoms with van der Waals surface area (Å²) in [5.41, 5.74) is 0.817. The molecule has 7 heteroatoms. The van der Waals surface area contributed by atoms with Crippen LogP contribution in [0.4, 0.5) is 5.69 Å². The van der Waals surface area contributed by atoms with Gasteiger partial charge in [0.05, 0.1) is 17.2 Å². The summed E-state index contributed by atoms with van der Waals surface area (Å²) < 4.78 is 33.4. The molecule has 2 aromatic carbocycles. The van der Waals surface area contributed by atoms with E-state index in [0.29, 0.717) is 18.0 Å². The van der Waals surface area contributed by atoms with Gasteiger partial charge in [-0.15, -0.1) is 0 Å². The lowest BCUT2D eigenvalue weighted by molar-refractivity contribution is 0.102. The molecule has 27 heavy (non-hydrogen) atoms. The Bertz CT molecular complexity index is 906. The van der Waals surface area contributed by atoms with E-state index < -0.39 is 10.0 Å². The first-order valence-corrected chi connectivity index (χ1v) is 10.6. The van der Waals surface area contributed by atoms with Crippen molar-refractivity contribution in [3.63, 3.8) is 0 Å². The number of amides is 1. The van der Waals surface area contributed by atoms with Gasteiger partial charge in [-0.3, -0.25) is 4.79 Å². The number of sulfonamides is 1. The molecule has 0 aromatic heterocycles. The van der Waals surface area contributed by atoms with Crippen molar-refractivity contribution in [2.75, 3.05) is 11.9 Å². The van der Waals surface area contributed by atoms with Crippen LogP contribution in [0.25, 0.3) is 0 Å². The lowest BCUT2D eigenvalue weighted by Crippen LogP contribution is -2.32. The van der Waals surface area contributed by atoms with Gasteiger partial charge in [0.1, 0.15) is 5.75 Å². The molecular weight excluding hydrogens is 364 g/mol. The molecule has 6 nitrogen and oxygen atoms in total. The van der Waals surface area contributed by atoms with Gasteiger partial charge in [-0.2, -0.15) is 0 Å². The van der Waals surface area contributed by atoms with E-state index in [2.05, 4.69) is 10.0 Å². The van der Waals surface area contributed by atoms with Crippen molar-refractivity contribution in [1.82, 2.24) is 4.72 Å². The van der Waals surface area contributed by atoms with Crippen LogP contribution in [0.2, 0.25) is 0 Å². The van der Waals surface area contributed by atoms with Gasteiger partial charge in [0.25, 0.3) is 5.91 Å². The third-order valence-corrected chi connectivity index (χ3v) is 6.04. The van der Waals surface area contributed by atoms with Crippen LogP contribution in [0.15, 0.2) is 53.4 Å². The molecule has 1 aliphatic carbocycles. The normalized spacial score (nSPS) is 14.9. The predicted octanol–water partition coefficient (Wildman–Crippen LogP) is 3.56. The number of carbonyl (C=O) groups excluding carboxylic acids is 1. The Balaban J connectivity index is 1.78. The Morgan fingerprint density at radius 3 is 2.59 bits per heavy atom. The van der Waals surface area contributed by atoms with Crippen molar-refractivity contribution < 1.29 is 17.9 Å². The van der Waals surface area contributed by atoms with Crippen molar-refractivity contribution in [1.29, 1.82) is 0 Å². The molecule has 0 spiro atoms. The summed E-state index contributed by atoms with van der Waals surface area (Å²) in [6.07, 6.45) is 3.78. The number of nitrogens with one attached hydrogen (secondary N) is 2. The van der Waals surface area contributed by atoms with E-state index in [1.165, 1.54) is 12.1 Å². The van der Waals surface area contributed by atoms with Crippen LogP contribution in [0, 0.1) is 0 Å². The summed E-state index contributed by atoms with van der Waals surface area (Å²) >= 11 is 0. The minimum absolute atomic E-state index is 0.0226. The van der Waals surface area contributed by atoms with Crippen molar-refractivity contribution >= 4 is 21.6 Å². The van der Waals surface area contributed by atoms with E-state index in [4.69, 9.17) is 4.74 Å². The number of hydrogen-bond donors (Lipinski definition) is 2. The number of benzene rings is 2. The maximum absolute atomic E-state index is 12.6. The maximum Gasteiger partial charge on any atom is 0.255 e. The van der Waals surface area contributed by atoms with E-state index in [0.717, 1.165) is 25.7 Å².